The smallest absolute Gasteiger partial charge is 0.323 e. The highest BCUT2D eigenvalue weighted by Gasteiger charge is 2.46. The van der Waals surface area contributed by atoms with E-state index in [1.54, 1.807) is 13.3 Å². The van der Waals surface area contributed by atoms with E-state index < -0.39 is 25.2 Å². The summed E-state index contributed by atoms with van der Waals surface area (Å²) in [6, 6.07) is -0.332. The van der Waals surface area contributed by atoms with Crippen LogP contribution in [0.1, 0.15) is 6.42 Å². The van der Waals surface area contributed by atoms with E-state index in [1.807, 2.05) is 0 Å². The highest BCUT2D eigenvalue weighted by atomic mass is 31.2. The molecule has 0 saturated carbocycles. The van der Waals surface area contributed by atoms with Crippen molar-refractivity contribution in [2.24, 2.45) is 0 Å². The molecule has 2 aliphatic heterocycles. The first-order chi connectivity index (χ1) is 10.2. The molecule has 2 amide bonds. The monoisotopic (exact) mass is 328 g/mol. The van der Waals surface area contributed by atoms with Crippen LogP contribution in [0.25, 0.3) is 0 Å². The van der Waals surface area contributed by atoms with Gasteiger partial charge in [0.25, 0.3) is 0 Å². The fourth-order valence-corrected chi connectivity index (χ4v) is 3.65. The van der Waals surface area contributed by atoms with Crippen molar-refractivity contribution < 1.29 is 19.4 Å². The number of amides is 2. The molecule has 0 bridgehead atoms. The first-order valence-corrected chi connectivity index (χ1v) is 10.3. The summed E-state index contributed by atoms with van der Waals surface area (Å²) < 4.78 is 11.4. The summed E-state index contributed by atoms with van der Waals surface area (Å²) in [7, 11) is 1.54. The molecule has 0 aromatic heterocycles. The van der Waals surface area contributed by atoms with Gasteiger partial charge in [-0.1, -0.05) is 6.58 Å². The molecular weight excluding hydrogens is 303 g/mol. The number of hydrogen-bond acceptors (Lipinski definition) is 4. The Morgan fingerprint density at radius 3 is 2.73 bits per heavy atom. The summed E-state index contributed by atoms with van der Waals surface area (Å²) in [6.07, 6.45) is 5.45. The Balaban J connectivity index is 2.13. The van der Waals surface area contributed by atoms with Crippen molar-refractivity contribution in [2.45, 2.75) is 30.8 Å². The number of hydrogen-bond donors (Lipinski definition) is 3. The SMILES string of the molecule is C=C1NC(=O)NC=C1[C@@H]1OC(CCP(=C)(C)C)[C@@H](O)[C@H]1OC. The van der Waals surface area contributed by atoms with Gasteiger partial charge in [-0.15, -0.1) is 13.2 Å². The van der Waals surface area contributed by atoms with Crippen LogP contribution in [-0.2, 0) is 9.47 Å². The highest BCUT2D eigenvalue weighted by molar-refractivity contribution is 7.72. The van der Waals surface area contributed by atoms with Crippen molar-refractivity contribution in [1.82, 2.24) is 10.6 Å². The Hall–Kier alpha value is -1.07. The van der Waals surface area contributed by atoms with E-state index in [9.17, 15) is 9.90 Å². The zero-order chi connectivity index (χ0) is 16.5. The van der Waals surface area contributed by atoms with E-state index in [2.05, 4.69) is 36.8 Å². The third-order valence-electron chi connectivity index (χ3n) is 3.91. The summed E-state index contributed by atoms with van der Waals surface area (Å²) in [5.41, 5.74) is 1.16. The maximum atomic E-state index is 11.3. The maximum absolute atomic E-state index is 11.3. The third-order valence-corrected chi connectivity index (χ3v) is 5.38. The molecule has 1 fully saturated rings. The molecule has 3 N–H and O–H groups in total. The zero-order valence-corrected chi connectivity index (χ0v) is 14.2. The van der Waals surface area contributed by atoms with Crippen LogP contribution < -0.4 is 10.6 Å². The normalized spacial score (nSPS) is 32.5. The lowest BCUT2D eigenvalue weighted by Crippen LogP contribution is -2.42. The van der Waals surface area contributed by atoms with Crippen LogP contribution >= 0.6 is 6.89 Å². The van der Waals surface area contributed by atoms with E-state index in [1.165, 1.54) is 0 Å². The van der Waals surface area contributed by atoms with Gasteiger partial charge in [0.2, 0.25) is 0 Å². The molecule has 0 radical (unpaired) electrons. The fraction of sp³-hybridized carbons (Fsp3) is 0.600. The summed E-state index contributed by atoms with van der Waals surface area (Å²) in [6.45, 7) is 6.97. The fourth-order valence-electron chi connectivity index (χ4n) is 2.70. The first kappa shape index (κ1) is 17.3. The molecular formula is C15H25N2O4P. The lowest BCUT2D eigenvalue weighted by atomic mass is 9.99. The van der Waals surface area contributed by atoms with Gasteiger partial charge < -0.3 is 25.2 Å². The van der Waals surface area contributed by atoms with Crippen molar-refractivity contribution in [3.05, 3.63) is 24.0 Å². The number of carbonyl (C=O) groups excluding carboxylic acids is 1. The standard InChI is InChI=1S/C15H25N2O4P/c1-9-10(8-16-15(19)17-9)13-14(20-2)12(18)11(21-13)6-7-22(3,4)5/h8,11-14,18H,1,3,6-7H2,2,4-5H3,(H2,16,17,19)/t11?,12-,13+,14-/m1/s1. The van der Waals surface area contributed by atoms with Gasteiger partial charge in [0, 0.05) is 24.6 Å². The summed E-state index contributed by atoms with van der Waals surface area (Å²) in [5, 5.41) is 15.6. The van der Waals surface area contributed by atoms with E-state index >= 15 is 0 Å². The molecule has 22 heavy (non-hydrogen) atoms. The Morgan fingerprint density at radius 2 is 2.18 bits per heavy atom. The largest absolute Gasteiger partial charge is 0.388 e. The van der Waals surface area contributed by atoms with Crippen molar-refractivity contribution in [3.63, 3.8) is 0 Å². The van der Waals surface area contributed by atoms with Crippen LogP contribution in [0.15, 0.2) is 24.0 Å². The summed E-state index contributed by atoms with van der Waals surface area (Å²) in [4.78, 5) is 11.3. The summed E-state index contributed by atoms with van der Waals surface area (Å²) in [5.74, 6) is 0. The van der Waals surface area contributed by atoms with E-state index in [-0.39, 0.29) is 12.1 Å². The molecule has 6 nitrogen and oxygen atoms in total. The number of nitrogens with one attached hydrogen (secondary N) is 2. The van der Waals surface area contributed by atoms with Gasteiger partial charge in [-0.05, 0) is 25.9 Å². The average molecular weight is 328 g/mol. The Labute approximate surface area is 131 Å². The van der Waals surface area contributed by atoms with Gasteiger partial charge in [0.05, 0.1) is 6.10 Å². The Morgan fingerprint density at radius 1 is 1.50 bits per heavy atom. The number of urea groups is 1. The number of methoxy groups -OCH3 is 1. The lowest BCUT2D eigenvalue weighted by Gasteiger charge is -2.25. The topological polar surface area (TPSA) is 79.8 Å². The van der Waals surface area contributed by atoms with Gasteiger partial charge in [-0.2, -0.15) is 0 Å². The number of aliphatic hydroxyl groups excluding tert-OH is 1. The van der Waals surface area contributed by atoms with Crippen LogP contribution in [0.5, 0.6) is 0 Å². The van der Waals surface area contributed by atoms with Gasteiger partial charge >= 0.3 is 6.03 Å². The molecule has 0 aromatic rings. The zero-order valence-electron chi connectivity index (χ0n) is 13.3. The Kier molecular flexibility index (Phi) is 5.17. The van der Waals surface area contributed by atoms with Crippen LogP contribution in [-0.4, -0.2) is 68.5 Å². The number of aliphatic hydroxyl groups is 1. The third kappa shape index (κ3) is 3.82. The molecule has 2 aliphatic rings. The number of rotatable bonds is 5. The van der Waals surface area contributed by atoms with Crippen molar-refractivity contribution in [1.29, 1.82) is 0 Å². The second-order valence-electron chi connectivity index (χ2n) is 6.41. The molecule has 1 unspecified atom stereocenters. The van der Waals surface area contributed by atoms with E-state index in [0.717, 1.165) is 12.6 Å². The van der Waals surface area contributed by atoms with Gasteiger partial charge in [-0.3, -0.25) is 0 Å². The molecule has 0 spiro atoms. The van der Waals surface area contributed by atoms with Crippen molar-refractivity contribution >= 4 is 19.2 Å². The Bertz CT molecular complexity index is 540. The molecule has 0 aliphatic carbocycles. The molecule has 2 heterocycles. The van der Waals surface area contributed by atoms with E-state index in [4.69, 9.17) is 9.47 Å². The number of ether oxygens (including phenoxy) is 2. The van der Waals surface area contributed by atoms with Gasteiger partial charge in [0.15, 0.2) is 0 Å². The number of carbonyl (C=O) groups is 1. The molecule has 124 valence electrons. The minimum absolute atomic E-state index is 0.303. The predicted octanol–water partition coefficient (Wildman–Crippen LogP) is 0.939. The average Bonchev–Trinajstić information content (AvgIpc) is 2.72. The second-order valence-corrected chi connectivity index (χ2v) is 10.7. The van der Waals surface area contributed by atoms with Crippen LogP contribution in [0.2, 0.25) is 0 Å². The minimum atomic E-state index is -1.18. The molecule has 4 atom stereocenters. The maximum Gasteiger partial charge on any atom is 0.323 e. The molecule has 1 saturated heterocycles. The van der Waals surface area contributed by atoms with Gasteiger partial charge in [-0.25, -0.2) is 4.79 Å². The molecule has 2 rings (SSSR count). The van der Waals surface area contributed by atoms with Gasteiger partial charge in [0.1, 0.15) is 18.3 Å². The quantitative estimate of drug-likeness (QED) is 0.656. The van der Waals surface area contributed by atoms with Crippen LogP contribution in [0.3, 0.4) is 0 Å². The second kappa shape index (κ2) is 6.59. The van der Waals surface area contributed by atoms with Crippen LogP contribution in [0.4, 0.5) is 4.79 Å². The van der Waals surface area contributed by atoms with Crippen molar-refractivity contribution in [3.8, 4) is 0 Å². The first-order valence-electron chi connectivity index (χ1n) is 7.23. The predicted molar refractivity (Wildman–Crippen MR) is 89.7 cm³/mol. The molecule has 7 heteroatoms. The lowest BCUT2D eigenvalue weighted by molar-refractivity contribution is 0.000153. The van der Waals surface area contributed by atoms with E-state index in [0.29, 0.717) is 11.3 Å². The minimum Gasteiger partial charge on any atom is -0.388 e. The summed E-state index contributed by atoms with van der Waals surface area (Å²) >= 11 is 0. The van der Waals surface area contributed by atoms with Crippen LogP contribution in [0, 0.1) is 0 Å². The molecule has 0 aromatic carbocycles. The highest BCUT2D eigenvalue weighted by Crippen LogP contribution is 2.39. The van der Waals surface area contributed by atoms with Crippen molar-refractivity contribution in [2.75, 3.05) is 26.6 Å².